The number of benzene rings is 1. The van der Waals surface area contributed by atoms with Crippen LogP contribution in [0.4, 0.5) is 18.9 Å². The smallest absolute Gasteiger partial charge is 0.367 e. The molecular weight excluding hydrogens is 315 g/mol. The van der Waals surface area contributed by atoms with Gasteiger partial charge in [0.15, 0.2) is 0 Å². The van der Waals surface area contributed by atoms with Crippen molar-refractivity contribution in [3.05, 3.63) is 24.3 Å². The molecule has 0 spiro atoms. The molecule has 0 aliphatic heterocycles. The fraction of sp³-hybridized carbons (Fsp3) is 0.500. The maximum absolute atomic E-state index is 12.4. The van der Waals surface area contributed by atoms with Crippen LogP contribution in [0.15, 0.2) is 29.2 Å². The number of halogens is 4. The number of hydrogen-bond donors (Lipinski definition) is 0. The van der Waals surface area contributed by atoms with Crippen LogP contribution in [0.5, 0.6) is 0 Å². The first-order chi connectivity index (χ1) is 9.27. The van der Waals surface area contributed by atoms with E-state index in [2.05, 4.69) is 0 Å². The standard InChI is InChI=1S/C12H13ClF3NO2S/c13-7-8-17(9-1-2-9)10-3-5-11(6-4-10)20(18,19)12(14,15)16/h3-6,9H,1-2,7-8H2. The molecule has 1 aromatic carbocycles. The van der Waals surface area contributed by atoms with Crippen molar-refractivity contribution >= 4 is 27.1 Å². The third-order valence-corrected chi connectivity index (χ3v) is 4.77. The zero-order chi connectivity index (χ0) is 15.0. The van der Waals surface area contributed by atoms with Gasteiger partial charge in [-0.2, -0.15) is 13.2 Å². The van der Waals surface area contributed by atoms with Gasteiger partial charge in [-0.25, -0.2) is 8.42 Å². The number of anilines is 1. The lowest BCUT2D eigenvalue weighted by atomic mass is 10.3. The fourth-order valence-electron chi connectivity index (χ4n) is 1.95. The van der Waals surface area contributed by atoms with E-state index < -0.39 is 20.2 Å². The molecule has 1 saturated carbocycles. The topological polar surface area (TPSA) is 37.4 Å². The van der Waals surface area contributed by atoms with E-state index in [1.165, 1.54) is 12.1 Å². The highest BCUT2D eigenvalue weighted by atomic mass is 35.5. The Morgan fingerprint density at radius 2 is 1.75 bits per heavy atom. The molecule has 3 nitrogen and oxygen atoms in total. The van der Waals surface area contributed by atoms with E-state index in [-0.39, 0.29) is 0 Å². The van der Waals surface area contributed by atoms with Crippen LogP contribution < -0.4 is 4.90 Å². The van der Waals surface area contributed by atoms with Gasteiger partial charge in [-0.1, -0.05) is 0 Å². The maximum atomic E-state index is 12.4. The quantitative estimate of drug-likeness (QED) is 0.779. The normalized spacial score (nSPS) is 16.2. The highest BCUT2D eigenvalue weighted by Gasteiger charge is 2.46. The molecule has 1 aliphatic rings. The number of rotatable bonds is 5. The van der Waals surface area contributed by atoms with E-state index in [0.717, 1.165) is 25.0 Å². The highest BCUT2D eigenvalue weighted by Crippen LogP contribution is 2.34. The van der Waals surface area contributed by atoms with Crippen molar-refractivity contribution in [1.82, 2.24) is 0 Å². The van der Waals surface area contributed by atoms with Crippen LogP contribution in [0, 0.1) is 0 Å². The number of nitrogens with zero attached hydrogens (tertiary/aromatic N) is 1. The van der Waals surface area contributed by atoms with Crippen LogP contribution in [0.3, 0.4) is 0 Å². The molecule has 1 fully saturated rings. The molecule has 0 radical (unpaired) electrons. The number of sulfone groups is 1. The third-order valence-electron chi connectivity index (χ3n) is 3.10. The van der Waals surface area contributed by atoms with Gasteiger partial charge < -0.3 is 4.90 Å². The van der Waals surface area contributed by atoms with E-state index >= 15 is 0 Å². The van der Waals surface area contributed by atoms with Gasteiger partial charge in [0.1, 0.15) is 0 Å². The predicted molar refractivity (Wildman–Crippen MR) is 70.8 cm³/mol. The summed E-state index contributed by atoms with van der Waals surface area (Å²) >= 11 is 5.70. The minimum Gasteiger partial charge on any atom is -0.367 e. The minimum atomic E-state index is -5.28. The summed E-state index contributed by atoms with van der Waals surface area (Å²) in [6.07, 6.45) is 2.03. The fourth-order valence-corrected chi connectivity index (χ4v) is 2.89. The second-order valence-corrected chi connectivity index (χ2v) is 6.88. The lowest BCUT2D eigenvalue weighted by Gasteiger charge is -2.23. The van der Waals surface area contributed by atoms with Gasteiger partial charge in [-0.05, 0) is 37.1 Å². The zero-order valence-electron chi connectivity index (χ0n) is 10.4. The van der Waals surface area contributed by atoms with Crippen LogP contribution in [-0.2, 0) is 9.84 Å². The Labute approximate surface area is 120 Å². The Balaban J connectivity index is 2.26. The monoisotopic (exact) mass is 327 g/mol. The first kappa shape index (κ1) is 15.4. The average Bonchev–Trinajstić information content (AvgIpc) is 3.19. The van der Waals surface area contributed by atoms with Crippen LogP contribution >= 0.6 is 11.6 Å². The van der Waals surface area contributed by atoms with E-state index in [0.29, 0.717) is 24.2 Å². The van der Waals surface area contributed by atoms with Crippen molar-refractivity contribution in [1.29, 1.82) is 0 Å². The first-order valence-corrected chi connectivity index (χ1v) is 8.03. The van der Waals surface area contributed by atoms with Crippen molar-refractivity contribution in [2.24, 2.45) is 0 Å². The summed E-state index contributed by atoms with van der Waals surface area (Å²) < 4.78 is 59.8. The van der Waals surface area contributed by atoms with Gasteiger partial charge in [0.05, 0.1) is 4.90 Å². The van der Waals surface area contributed by atoms with Crippen LogP contribution in [-0.4, -0.2) is 32.4 Å². The lowest BCUT2D eigenvalue weighted by Crippen LogP contribution is -2.28. The zero-order valence-corrected chi connectivity index (χ0v) is 12.0. The Hall–Kier alpha value is -0.950. The maximum Gasteiger partial charge on any atom is 0.501 e. The molecule has 112 valence electrons. The molecule has 0 atom stereocenters. The molecule has 2 rings (SSSR count). The van der Waals surface area contributed by atoms with E-state index in [4.69, 9.17) is 11.6 Å². The van der Waals surface area contributed by atoms with Crippen molar-refractivity contribution in [3.8, 4) is 0 Å². The van der Waals surface area contributed by atoms with Crippen molar-refractivity contribution in [3.63, 3.8) is 0 Å². The SMILES string of the molecule is O=S(=O)(c1ccc(N(CCCl)C2CC2)cc1)C(F)(F)F. The lowest BCUT2D eigenvalue weighted by molar-refractivity contribution is -0.0436. The molecular formula is C12H13ClF3NO2S. The molecule has 0 aromatic heterocycles. The summed E-state index contributed by atoms with van der Waals surface area (Å²) in [7, 11) is -5.28. The second-order valence-electron chi connectivity index (χ2n) is 4.56. The number of alkyl halides is 4. The molecule has 20 heavy (non-hydrogen) atoms. The van der Waals surface area contributed by atoms with Gasteiger partial charge in [0.25, 0.3) is 9.84 Å². The molecule has 0 bridgehead atoms. The van der Waals surface area contributed by atoms with Gasteiger partial charge in [0.2, 0.25) is 0 Å². The largest absolute Gasteiger partial charge is 0.501 e. The van der Waals surface area contributed by atoms with Crippen molar-refractivity contribution in [2.45, 2.75) is 29.3 Å². The Morgan fingerprint density at radius 1 is 1.20 bits per heavy atom. The van der Waals surface area contributed by atoms with Crippen molar-refractivity contribution < 1.29 is 21.6 Å². The van der Waals surface area contributed by atoms with Gasteiger partial charge >= 0.3 is 5.51 Å². The van der Waals surface area contributed by atoms with Gasteiger partial charge in [-0.15, -0.1) is 11.6 Å². The molecule has 0 heterocycles. The highest BCUT2D eigenvalue weighted by molar-refractivity contribution is 7.92. The summed E-state index contributed by atoms with van der Waals surface area (Å²) in [5, 5.41) is 0. The van der Waals surface area contributed by atoms with Crippen LogP contribution in [0.25, 0.3) is 0 Å². The predicted octanol–water partition coefficient (Wildman–Crippen LogP) is 3.19. The van der Waals surface area contributed by atoms with Crippen molar-refractivity contribution in [2.75, 3.05) is 17.3 Å². The van der Waals surface area contributed by atoms with Crippen LogP contribution in [0.1, 0.15) is 12.8 Å². The first-order valence-electron chi connectivity index (χ1n) is 6.01. The third kappa shape index (κ3) is 3.03. The molecule has 8 heteroatoms. The Morgan fingerprint density at radius 3 is 2.15 bits per heavy atom. The Kier molecular flexibility index (Phi) is 4.20. The summed E-state index contributed by atoms with van der Waals surface area (Å²) in [5.74, 6) is 0.402. The van der Waals surface area contributed by atoms with E-state index in [1.54, 1.807) is 0 Å². The molecule has 0 saturated heterocycles. The summed E-state index contributed by atoms with van der Waals surface area (Å²) in [4.78, 5) is 1.24. The molecule has 0 N–H and O–H groups in total. The summed E-state index contributed by atoms with van der Waals surface area (Å²) in [6.45, 7) is 0.581. The van der Waals surface area contributed by atoms with E-state index in [9.17, 15) is 21.6 Å². The van der Waals surface area contributed by atoms with E-state index in [1.807, 2.05) is 4.90 Å². The minimum absolute atomic E-state index is 0.346. The average molecular weight is 328 g/mol. The molecule has 1 aliphatic carbocycles. The second kappa shape index (κ2) is 5.44. The van der Waals surface area contributed by atoms with Gasteiger partial charge in [-0.3, -0.25) is 0 Å². The molecule has 0 amide bonds. The summed E-state index contributed by atoms with van der Waals surface area (Å²) in [6, 6.07) is 5.11. The molecule has 1 aromatic rings. The van der Waals surface area contributed by atoms with Gasteiger partial charge in [0, 0.05) is 24.2 Å². The number of hydrogen-bond acceptors (Lipinski definition) is 3. The molecule has 0 unspecified atom stereocenters. The summed E-state index contributed by atoms with van der Waals surface area (Å²) in [5.41, 5.74) is -4.59. The Bertz CT molecular complexity index is 567. The van der Waals surface area contributed by atoms with Crippen LogP contribution in [0.2, 0.25) is 0 Å².